The van der Waals surface area contributed by atoms with E-state index < -0.39 is 0 Å². The quantitative estimate of drug-likeness (QED) is 0.835. The average molecular weight is 356 g/mol. The van der Waals surface area contributed by atoms with Crippen molar-refractivity contribution >= 4 is 11.8 Å². The fraction of sp³-hybridized carbons (Fsp3) is 0.421. The van der Waals surface area contributed by atoms with E-state index in [0.717, 1.165) is 30.1 Å². The topological polar surface area (TPSA) is 78.7 Å². The molecule has 0 saturated carbocycles. The molecule has 1 aromatic heterocycles. The van der Waals surface area contributed by atoms with E-state index in [1.54, 1.807) is 4.90 Å². The molecular weight excluding hydrogens is 332 g/mol. The number of carbonyl (C=O) groups is 2. The first kappa shape index (κ1) is 18.1. The molecule has 2 heterocycles. The van der Waals surface area contributed by atoms with Gasteiger partial charge < -0.3 is 14.7 Å². The van der Waals surface area contributed by atoms with Crippen molar-refractivity contribution in [2.24, 2.45) is 0 Å². The second-order valence-electron chi connectivity index (χ2n) is 6.53. The molecule has 1 saturated heterocycles. The van der Waals surface area contributed by atoms with Crippen LogP contribution in [0.2, 0.25) is 0 Å². The molecule has 1 aliphatic heterocycles. The number of aromatic nitrogens is 1. The lowest BCUT2D eigenvalue weighted by atomic mass is 10.1. The number of rotatable bonds is 6. The van der Waals surface area contributed by atoms with Crippen LogP contribution in [-0.2, 0) is 22.6 Å². The molecule has 0 spiro atoms. The molecule has 0 unspecified atom stereocenters. The van der Waals surface area contributed by atoms with Crippen LogP contribution in [0.15, 0.2) is 40.9 Å². The van der Waals surface area contributed by atoms with Gasteiger partial charge in [-0.1, -0.05) is 35.5 Å². The van der Waals surface area contributed by atoms with Crippen molar-refractivity contribution in [3.8, 4) is 0 Å². The van der Waals surface area contributed by atoms with Gasteiger partial charge in [0, 0.05) is 32.2 Å². The summed E-state index contributed by atoms with van der Waals surface area (Å²) in [4.78, 5) is 28.3. The summed E-state index contributed by atoms with van der Waals surface area (Å²) in [5.74, 6) is 0.667. The third-order valence-corrected chi connectivity index (χ3v) is 4.43. The highest BCUT2D eigenvalue weighted by Gasteiger charge is 2.22. The van der Waals surface area contributed by atoms with Crippen LogP contribution in [0.25, 0.3) is 0 Å². The predicted octanol–water partition coefficient (Wildman–Crippen LogP) is 0.986. The van der Waals surface area contributed by atoms with Gasteiger partial charge in [-0.15, -0.1) is 0 Å². The van der Waals surface area contributed by atoms with Crippen LogP contribution in [0.1, 0.15) is 17.0 Å². The SMILES string of the molecule is Cc1cc(CN2CCN(C(=O)CNC(=O)Cc3ccccc3)CC2)on1. The van der Waals surface area contributed by atoms with Gasteiger partial charge in [0.15, 0.2) is 5.76 Å². The normalized spacial score (nSPS) is 15.0. The molecule has 7 heteroatoms. The highest BCUT2D eigenvalue weighted by Crippen LogP contribution is 2.09. The Hall–Kier alpha value is -2.67. The van der Waals surface area contributed by atoms with Crippen LogP contribution in [0, 0.1) is 6.92 Å². The summed E-state index contributed by atoms with van der Waals surface area (Å²) in [6.07, 6.45) is 0.290. The average Bonchev–Trinajstić information content (AvgIpc) is 3.06. The Labute approximate surface area is 152 Å². The lowest BCUT2D eigenvalue weighted by molar-refractivity contribution is -0.134. The Morgan fingerprint density at radius 3 is 2.54 bits per heavy atom. The summed E-state index contributed by atoms with van der Waals surface area (Å²) >= 11 is 0. The van der Waals surface area contributed by atoms with Crippen molar-refractivity contribution in [2.75, 3.05) is 32.7 Å². The molecule has 1 aliphatic rings. The monoisotopic (exact) mass is 356 g/mol. The molecular formula is C19H24N4O3. The van der Waals surface area contributed by atoms with Gasteiger partial charge in [0.1, 0.15) is 0 Å². The number of piperazine rings is 1. The Bertz CT molecular complexity index is 736. The number of hydrogen-bond acceptors (Lipinski definition) is 5. The van der Waals surface area contributed by atoms with Crippen molar-refractivity contribution < 1.29 is 14.1 Å². The Morgan fingerprint density at radius 2 is 1.88 bits per heavy atom. The molecule has 1 aromatic carbocycles. The van der Waals surface area contributed by atoms with Crippen LogP contribution in [0.5, 0.6) is 0 Å². The van der Waals surface area contributed by atoms with Crippen molar-refractivity contribution in [1.29, 1.82) is 0 Å². The predicted molar refractivity (Wildman–Crippen MR) is 96.3 cm³/mol. The van der Waals surface area contributed by atoms with Crippen molar-refractivity contribution in [2.45, 2.75) is 19.9 Å². The molecule has 0 bridgehead atoms. The van der Waals surface area contributed by atoms with E-state index in [0.29, 0.717) is 26.1 Å². The molecule has 2 aromatic rings. The summed E-state index contributed by atoms with van der Waals surface area (Å²) in [7, 11) is 0. The van der Waals surface area contributed by atoms with Gasteiger partial charge in [-0.3, -0.25) is 14.5 Å². The second-order valence-corrected chi connectivity index (χ2v) is 6.53. The first-order chi connectivity index (χ1) is 12.6. The van der Waals surface area contributed by atoms with Crippen LogP contribution in [0.3, 0.4) is 0 Å². The summed E-state index contributed by atoms with van der Waals surface area (Å²) < 4.78 is 5.24. The summed E-state index contributed by atoms with van der Waals surface area (Å²) in [5, 5.41) is 6.60. The Kier molecular flexibility index (Phi) is 6.01. The maximum Gasteiger partial charge on any atom is 0.242 e. The molecule has 0 atom stereocenters. The van der Waals surface area contributed by atoms with Crippen LogP contribution in [0.4, 0.5) is 0 Å². The van der Waals surface area contributed by atoms with Crippen LogP contribution < -0.4 is 5.32 Å². The fourth-order valence-corrected chi connectivity index (χ4v) is 3.00. The second kappa shape index (κ2) is 8.62. The van der Waals surface area contributed by atoms with Gasteiger partial charge >= 0.3 is 0 Å². The summed E-state index contributed by atoms with van der Waals surface area (Å²) in [5.41, 5.74) is 1.81. The number of aryl methyl sites for hydroxylation is 1. The highest BCUT2D eigenvalue weighted by molar-refractivity contribution is 5.85. The number of nitrogens with zero attached hydrogens (tertiary/aromatic N) is 3. The summed E-state index contributed by atoms with van der Waals surface area (Å²) in [6, 6.07) is 11.4. The molecule has 0 aliphatic carbocycles. The zero-order chi connectivity index (χ0) is 18.4. The largest absolute Gasteiger partial charge is 0.360 e. The molecule has 1 fully saturated rings. The van der Waals surface area contributed by atoms with Gasteiger partial charge in [0.05, 0.1) is 25.2 Å². The standard InChI is InChI=1S/C19H24N4O3/c1-15-11-17(26-21-15)14-22-7-9-23(10-8-22)19(25)13-20-18(24)12-16-5-3-2-4-6-16/h2-6,11H,7-10,12-14H2,1H3,(H,20,24). The smallest absolute Gasteiger partial charge is 0.242 e. The van der Waals surface area contributed by atoms with Gasteiger partial charge in [0.2, 0.25) is 11.8 Å². The molecule has 0 radical (unpaired) electrons. The van der Waals surface area contributed by atoms with Gasteiger partial charge in [0.25, 0.3) is 0 Å². The van der Waals surface area contributed by atoms with E-state index >= 15 is 0 Å². The fourth-order valence-electron chi connectivity index (χ4n) is 3.00. The van der Waals surface area contributed by atoms with E-state index in [9.17, 15) is 9.59 Å². The highest BCUT2D eigenvalue weighted by atomic mass is 16.5. The maximum absolute atomic E-state index is 12.3. The Balaban J connectivity index is 1.37. The van der Waals surface area contributed by atoms with Crippen LogP contribution in [-0.4, -0.2) is 59.5 Å². The molecule has 26 heavy (non-hydrogen) atoms. The van der Waals surface area contributed by atoms with Gasteiger partial charge in [-0.05, 0) is 12.5 Å². The van der Waals surface area contributed by atoms with Gasteiger partial charge in [-0.25, -0.2) is 0 Å². The van der Waals surface area contributed by atoms with Crippen LogP contribution >= 0.6 is 0 Å². The van der Waals surface area contributed by atoms with Crippen molar-refractivity contribution in [3.63, 3.8) is 0 Å². The minimum absolute atomic E-state index is 0.0402. The van der Waals surface area contributed by atoms with E-state index in [1.165, 1.54) is 0 Å². The maximum atomic E-state index is 12.3. The third-order valence-electron chi connectivity index (χ3n) is 4.43. The first-order valence-corrected chi connectivity index (χ1v) is 8.83. The molecule has 7 nitrogen and oxygen atoms in total. The van der Waals surface area contributed by atoms with E-state index in [1.807, 2.05) is 43.3 Å². The molecule has 138 valence electrons. The van der Waals surface area contributed by atoms with Gasteiger partial charge in [-0.2, -0.15) is 0 Å². The Morgan fingerprint density at radius 1 is 1.15 bits per heavy atom. The molecule has 3 rings (SSSR count). The number of benzene rings is 1. The van der Waals surface area contributed by atoms with Crippen molar-refractivity contribution in [3.05, 3.63) is 53.4 Å². The zero-order valence-corrected chi connectivity index (χ0v) is 15.0. The lowest BCUT2D eigenvalue weighted by Gasteiger charge is -2.34. The number of carbonyl (C=O) groups excluding carboxylic acids is 2. The first-order valence-electron chi connectivity index (χ1n) is 8.83. The number of nitrogens with one attached hydrogen (secondary N) is 1. The third kappa shape index (κ3) is 5.16. The van der Waals surface area contributed by atoms with Crippen molar-refractivity contribution in [1.82, 2.24) is 20.3 Å². The minimum Gasteiger partial charge on any atom is -0.360 e. The zero-order valence-electron chi connectivity index (χ0n) is 15.0. The molecule has 2 amide bonds. The number of amides is 2. The van der Waals surface area contributed by atoms with E-state index in [2.05, 4.69) is 15.4 Å². The summed E-state index contributed by atoms with van der Waals surface area (Å²) in [6.45, 7) is 5.52. The lowest BCUT2D eigenvalue weighted by Crippen LogP contribution is -2.50. The minimum atomic E-state index is -0.135. The number of hydrogen-bond donors (Lipinski definition) is 1. The molecule has 1 N–H and O–H groups in total. The van der Waals surface area contributed by atoms with E-state index in [-0.39, 0.29) is 18.4 Å². The van der Waals surface area contributed by atoms with E-state index in [4.69, 9.17) is 4.52 Å².